The summed E-state index contributed by atoms with van der Waals surface area (Å²) >= 11 is 0. The fourth-order valence-corrected chi connectivity index (χ4v) is 1.14. The van der Waals surface area contributed by atoms with E-state index in [9.17, 15) is 24.6 Å². The number of aliphatic hydroxyl groups excluding tert-OH is 2. The molecule has 0 aromatic carbocycles. The molecule has 0 amide bonds. The highest BCUT2D eigenvalue weighted by Crippen LogP contribution is 2.15. The first-order valence-electron chi connectivity index (χ1n) is 5.36. The quantitative estimate of drug-likeness (QED) is 0.147. The summed E-state index contributed by atoms with van der Waals surface area (Å²) in [6.45, 7) is 1.01. The molecule has 0 aromatic rings. The number of nitrogens with two attached hydrogens (primary N) is 1. The second-order valence-electron chi connectivity index (χ2n) is 4.11. The summed E-state index contributed by atoms with van der Waals surface area (Å²) in [5.74, 6) is -6.81. The largest absolute Gasteiger partial charge is 0.385 e. The standard InChI is InChI=1S/C10H17NO8/c1-4(12)6(14)7(15)5(13)2-3-10(18,19)8(11)9(16)17/h4,8-9,12,16-19H,2-3,11H2,1H3. The van der Waals surface area contributed by atoms with Crippen molar-refractivity contribution in [3.05, 3.63) is 0 Å². The van der Waals surface area contributed by atoms with Crippen LogP contribution < -0.4 is 5.73 Å². The highest BCUT2D eigenvalue weighted by atomic mass is 16.5. The number of rotatable bonds is 8. The third kappa shape index (κ3) is 5.11. The third-order valence-electron chi connectivity index (χ3n) is 2.43. The van der Waals surface area contributed by atoms with Gasteiger partial charge in [0, 0.05) is 12.8 Å². The molecule has 0 rings (SSSR count). The summed E-state index contributed by atoms with van der Waals surface area (Å²) in [6.07, 6.45) is -5.39. The Bertz CT molecular complexity index is 363. The Labute approximate surface area is 108 Å². The molecule has 110 valence electrons. The van der Waals surface area contributed by atoms with E-state index >= 15 is 0 Å². The number of carbonyl (C=O) groups excluding carboxylic acids is 3. The van der Waals surface area contributed by atoms with Gasteiger partial charge >= 0.3 is 0 Å². The van der Waals surface area contributed by atoms with Crippen LogP contribution in [0.4, 0.5) is 0 Å². The van der Waals surface area contributed by atoms with Gasteiger partial charge in [-0.25, -0.2) is 0 Å². The Balaban J connectivity index is 4.53. The molecule has 0 spiro atoms. The molecular formula is C10H17NO8. The Morgan fingerprint density at radius 2 is 1.63 bits per heavy atom. The summed E-state index contributed by atoms with van der Waals surface area (Å²) in [6, 6.07) is -1.87. The van der Waals surface area contributed by atoms with Gasteiger partial charge in [0.15, 0.2) is 12.1 Å². The van der Waals surface area contributed by atoms with Crippen molar-refractivity contribution in [2.24, 2.45) is 5.73 Å². The average Bonchev–Trinajstić information content (AvgIpc) is 2.32. The van der Waals surface area contributed by atoms with Gasteiger partial charge in [-0.3, -0.25) is 14.4 Å². The lowest BCUT2D eigenvalue weighted by molar-refractivity contribution is -0.226. The lowest BCUT2D eigenvalue weighted by Gasteiger charge is -2.29. The maximum Gasteiger partial charge on any atom is 0.266 e. The molecular weight excluding hydrogens is 262 g/mol. The highest BCUT2D eigenvalue weighted by molar-refractivity contribution is 6.64. The van der Waals surface area contributed by atoms with E-state index < -0.39 is 54.4 Å². The SMILES string of the molecule is CC(O)C(=O)C(=O)C(=O)CCC(O)(O)C(N)C(O)O. The Kier molecular flexibility index (Phi) is 6.36. The minimum atomic E-state index is -2.79. The molecule has 0 aliphatic heterocycles. The molecule has 0 fully saturated rings. The first-order valence-corrected chi connectivity index (χ1v) is 5.36. The first kappa shape index (κ1) is 17.8. The van der Waals surface area contributed by atoms with E-state index in [1.54, 1.807) is 0 Å². The van der Waals surface area contributed by atoms with Crippen LogP contribution in [-0.2, 0) is 14.4 Å². The van der Waals surface area contributed by atoms with Crippen LogP contribution in [0.3, 0.4) is 0 Å². The van der Waals surface area contributed by atoms with Crippen molar-refractivity contribution in [1.29, 1.82) is 0 Å². The lowest BCUT2D eigenvalue weighted by Crippen LogP contribution is -2.55. The molecule has 0 saturated heterocycles. The molecule has 0 heterocycles. The van der Waals surface area contributed by atoms with Crippen molar-refractivity contribution in [3.63, 3.8) is 0 Å². The molecule has 9 nitrogen and oxygen atoms in total. The van der Waals surface area contributed by atoms with Crippen LogP contribution >= 0.6 is 0 Å². The summed E-state index contributed by atoms with van der Waals surface area (Å²) in [5, 5.41) is 44.8. The predicted molar refractivity (Wildman–Crippen MR) is 59.3 cm³/mol. The van der Waals surface area contributed by atoms with E-state index in [1.165, 1.54) is 0 Å². The second kappa shape index (κ2) is 6.80. The molecule has 0 aromatic heterocycles. The van der Waals surface area contributed by atoms with Crippen molar-refractivity contribution in [2.45, 2.75) is 44.0 Å². The predicted octanol–water partition coefficient (Wildman–Crippen LogP) is -3.83. The second-order valence-corrected chi connectivity index (χ2v) is 4.11. The number of hydrogen-bond donors (Lipinski definition) is 6. The normalized spacial score (nSPS) is 15.2. The summed E-state index contributed by atoms with van der Waals surface area (Å²) in [4.78, 5) is 33.4. The third-order valence-corrected chi connectivity index (χ3v) is 2.43. The number of hydrogen-bond acceptors (Lipinski definition) is 9. The van der Waals surface area contributed by atoms with Gasteiger partial charge in [-0.2, -0.15) is 0 Å². The zero-order valence-corrected chi connectivity index (χ0v) is 10.2. The number of aliphatic hydroxyl groups is 5. The van der Waals surface area contributed by atoms with E-state index in [1.807, 2.05) is 0 Å². The molecule has 9 heteroatoms. The van der Waals surface area contributed by atoms with E-state index in [-0.39, 0.29) is 0 Å². The van der Waals surface area contributed by atoms with Gasteiger partial charge in [-0.05, 0) is 6.92 Å². The van der Waals surface area contributed by atoms with Crippen molar-refractivity contribution in [1.82, 2.24) is 0 Å². The van der Waals surface area contributed by atoms with E-state index in [0.29, 0.717) is 0 Å². The number of Topliss-reactive ketones (excluding diaryl/α,β-unsaturated/α-hetero) is 3. The molecule has 19 heavy (non-hydrogen) atoms. The van der Waals surface area contributed by atoms with Crippen molar-refractivity contribution < 1.29 is 39.9 Å². The monoisotopic (exact) mass is 279 g/mol. The minimum Gasteiger partial charge on any atom is -0.385 e. The smallest absolute Gasteiger partial charge is 0.266 e. The fourth-order valence-electron chi connectivity index (χ4n) is 1.14. The Morgan fingerprint density at radius 3 is 2.00 bits per heavy atom. The summed E-state index contributed by atoms with van der Waals surface area (Å²) < 4.78 is 0. The maximum absolute atomic E-state index is 11.3. The molecule has 0 aliphatic rings. The van der Waals surface area contributed by atoms with E-state index in [0.717, 1.165) is 6.92 Å². The zero-order valence-electron chi connectivity index (χ0n) is 10.2. The van der Waals surface area contributed by atoms with Crippen molar-refractivity contribution in [2.75, 3.05) is 0 Å². The van der Waals surface area contributed by atoms with Gasteiger partial charge in [-0.15, -0.1) is 0 Å². The molecule has 7 N–H and O–H groups in total. The van der Waals surface area contributed by atoms with Crippen LogP contribution in [0.25, 0.3) is 0 Å². The fraction of sp³-hybridized carbons (Fsp3) is 0.700. The van der Waals surface area contributed by atoms with Gasteiger partial charge < -0.3 is 31.3 Å². The lowest BCUT2D eigenvalue weighted by atomic mass is 9.97. The van der Waals surface area contributed by atoms with Gasteiger partial charge in [0.05, 0.1) is 0 Å². The molecule has 0 bridgehead atoms. The molecule has 0 aliphatic carbocycles. The van der Waals surface area contributed by atoms with Crippen LogP contribution in [0.2, 0.25) is 0 Å². The summed E-state index contributed by atoms with van der Waals surface area (Å²) in [5.41, 5.74) is 5.06. The Hall–Kier alpha value is -1.23. The van der Waals surface area contributed by atoms with Gasteiger partial charge in [0.25, 0.3) is 5.78 Å². The number of carbonyl (C=O) groups is 3. The Morgan fingerprint density at radius 1 is 1.16 bits per heavy atom. The van der Waals surface area contributed by atoms with E-state index in [4.69, 9.17) is 21.1 Å². The van der Waals surface area contributed by atoms with Crippen LogP contribution in [0, 0.1) is 0 Å². The summed E-state index contributed by atoms with van der Waals surface area (Å²) in [7, 11) is 0. The van der Waals surface area contributed by atoms with Gasteiger partial charge in [0.2, 0.25) is 11.6 Å². The first-order chi connectivity index (χ1) is 8.50. The van der Waals surface area contributed by atoms with Gasteiger partial charge in [0.1, 0.15) is 12.1 Å². The van der Waals surface area contributed by atoms with Gasteiger partial charge in [-0.1, -0.05) is 0 Å². The topological polar surface area (TPSA) is 178 Å². The number of ketones is 3. The van der Waals surface area contributed by atoms with Crippen molar-refractivity contribution >= 4 is 17.3 Å². The zero-order chi connectivity index (χ0) is 15.4. The molecule has 0 radical (unpaired) electrons. The van der Waals surface area contributed by atoms with Crippen LogP contribution in [0.15, 0.2) is 0 Å². The van der Waals surface area contributed by atoms with Crippen LogP contribution in [0.5, 0.6) is 0 Å². The molecule has 2 unspecified atom stereocenters. The maximum atomic E-state index is 11.3. The highest BCUT2D eigenvalue weighted by Gasteiger charge is 2.37. The molecule has 2 atom stereocenters. The minimum absolute atomic E-state index is 0.745. The van der Waals surface area contributed by atoms with E-state index in [2.05, 4.69) is 0 Å². The average molecular weight is 279 g/mol. The van der Waals surface area contributed by atoms with Crippen LogP contribution in [0.1, 0.15) is 19.8 Å². The van der Waals surface area contributed by atoms with Crippen LogP contribution in [-0.4, -0.2) is 67.1 Å². The molecule has 0 saturated carbocycles. The van der Waals surface area contributed by atoms with Crippen molar-refractivity contribution in [3.8, 4) is 0 Å².